The summed E-state index contributed by atoms with van der Waals surface area (Å²) in [6.45, 7) is 2.61. The number of carbonyl (C=O) groups is 2. The van der Waals surface area contributed by atoms with Crippen molar-refractivity contribution in [3.63, 3.8) is 0 Å². The molecule has 1 aliphatic rings. The highest BCUT2D eigenvalue weighted by Crippen LogP contribution is 2.32. The number of benzene rings is 3. The topological polar surface area (TPSA) is 75.0 Å². The highest BCUT2D eigenvalue weighted by Gasteiger charge is 2.29. The standard InChI is InChI=1S/C28H27N3O4/c1-34-22-13-11-20(12-14-22)19-25(32)29-26-23-9-5-6-10-24(23)35-27(26)28(33)31-17-15-30(16-18-31)21-7-3-2-4-8-21/h2-14H,15-19H2,1H3,(H,29,32). The number of nitrogens with zero attached hydrogens (tertiary/aromatic N) is 2. The highest BCUT2D eigenvalue weighted by atomic mass is 16.5. The van der Waals surface area contributed by atoms with E-state index < -0.39 is 0 Å². The molecule has 4 aromatic rings. The van der Waals surface area contributed by atoms with Crippen LogP contribution in [0.3, 0.4) is 0 Å². The van der Waals surface area contributed by atoms with Crippen LogP contribution in [0.2, 0.25) is 0 Å². The van der Waals surface area contributed by atoms with Crippen molar-refractivity contribution in [2.24, 2.45) is 0 Å². The number of carbonyl (C=O) groups excluding carboxylic acids is 2. The van der Waals surface area contributed by atoms with E-state index in [9.17, 15) is 9.59 Å². The number of rotatable bonds is 6. The molecule has 2 heterocycles. The molecule has 35 heavy (non-hydrogen) atoms. The Kier molecular flexibility index (Phi) is 6.39. The summed E-state index contributed by atoms with van der Waals surface area (Å²) >= 11 is 0. The predicted octanol–water partition coefficient (Wildman–Crippen LogP) is 4.59. The fraction of sp³-hybridized carbons (Fsp3) is 0.214. The number of hydrogen-bond acceptors (Lipinski definition) is 5. The Morgan fingerprint density at radius 2 is 1.57 bits per heavy atom. The van der Waals surface area contributed by atoms with Gasteiger partial charge < -0.3 is 24.3 Å². The van der Waals surface area contributed by atoms with Crippen LogP contribution in [-0.2, 0) is 11.2 Å². The van der Waals surface area contributed by atoms with Gasteiger partial charge in [0.2, 0.25) is 11.7 Å². The number of methoxy groups -OCH3 is 1. The molecule has 1 aromatic heterocycles. The van der Waals surface area contributed by atoms with E-state index in [1.54, 1.807) is 18.1 Å². The van der Waals surface area contributed by atoms with Gasteiger partial charge in [-0.05, 0) is 42.0 Å². The smallest absolute Gasteiger partial charge is 0.291 e. The molecule has 2 amide bonds. The molecule has 5 rings (SSSR count). The molecule has 7 nitrogen and oxygen atoms in total. The number of piperazine rings is 1. The minimum Gasteiger partial charge on any atom is -0.497 e. The van der Waals surface area contributed by atoms with Crippen molar-refractivity contribution in [1.29, 1.82) is 0 Å². The van der Waals surface area contributed by atoms with E-state index in [1.807, 2.05) is 60.7 Å². The second-order valence-electron chi connectivity index (χ2n) is 8.49. The maximum absolute atomic E-state index is 13.5. The van der Waals surface area contributed by atoms with Crippen LogP contribution in [-0.4, -0.2) is 50.0 Å². The molecule has 1 N–H and O–H groups in total. The first-order valence-corrected chi connectivity index (χ1v) is 11.7. The number of anilines is 2. The summed E-state index contributed by atoms with van der Waals surface area (Å²) in [5.41, 5.74) is 2.99. The molecular weight excluding hydrogens is 442 g/mol. The Morgan fingerprint density at radius 1 is 0.886 bits per heavy atom. The molecule has 178 valence electrons. The zero-order valence-corrected chi connectivity index (χ0v) is 19.6. The molecule has 0 radical (unpaired) electrons. The molecule has 0 spiro atoms. The summed E-state index contributed by atoms with van der Waals surface area (Å²) < 4.78 is 11.2. The van der Waals surface area contributed by atoms with Crippen molar-refractivity contribution >= 4 is 34.2 Å². The maximum atomic E-state index is 13.5. The van der Waals surface area contributed by atoms with Gasteiger partial charge >= 0.3 is 0 Å². The van der Waals surface area contributed by atoms with Gasteiger partial charge in [0.1, 0.15) is 17.0 Å². The van der Waals surface area contributed by atoms with E-state index in [0.29, 0.717) is 29.7 Å². The van der Waals surface area contributed by atoms with Gasteiger partial charge in [0.05, 0.1) is 13.5 Å². The molecule has 1 aliphatic heterocycles. The summed E-state index contributed by atoms with van der Waals surface area (Å²) in [5.74, 6) is 0.469. The third-order valence-electron chi connectivity index (χ3n) is 6.27. The van der Waals surface area contributed by atoms with Gasteiger partial charge in [-0.25, -0.2) is 0 Å². The van der Waals surface area contributed by atoms with Crippen LogP contribution in [0.4, 0.5) is 11.4 Å². The first-order valence-electron chi connectivity index (χ1n) is 11.7. The molecule has 1 fully saturated rings. The Balaban J connectivity index is 1.33. The van der Waals surface area contributed by atoms with Crippen LogP contribution in [0.1, 0.15) is 16.1 Å². The second kappa shape index (κ2) is 9.93. The Bertz CT molecular complexity index is 1320. The third-order valence-corrected chi connectivity index (χ3v) is 6.27. The minimum atomic E-state index is -0.218. The average Bonchev–Trinajstić information content (AvgIpc) is 3.27. The molecule has 0 aliphatic carbocycles. The second-order valence-corrected chi connectivity index (χ2v) is 8.49. The normalized spacial score (nSPS) is 13.6. The van der Waals surface area contributed by atoms with E-state index in [2.05, 4.69) is 22.3 Å². The molecular formula is C28H27N3O4. The zero-order chi connectivity index (χ0) is 24.2. The van der Waals surface area contributed by atoms with E-state index in [-0.39, 0.29) is 24.0 Å². The van der Waals surface area contributed by atoms with Crippen LogP contribution in [0.5, 0.6) is 5.75 Å². The van der Waals surface area contributed by atoms with Crippen molar-refractivity contribution in [3.8, 4) is 5.75 Å². The van der Waals surface area contributed by atoms with Crippen molar-refractivity contribution in [3.05, 3.63) is 90.2 Å². The number of ether oxygens (including phenoxy) is 1. The number of para-hydroxylation sites is 2. The quantitative estimate of drug-likeness (QED) is 0.447. The van der Waals surface area contributed by atoms with Gasteiger partial charge in [-0.2, -0.15) is 0 Å². The summed E-state index contributed by atoms with van der Waals surface area (Å²) in [7, 11) is 1.60. The molecule has 1 saturated heterocycles. The monoisotopic (exact) mass is 469 g/mol. The van der Waals surface area contributed by atoms with Gasteiger partial charge in [0.15, 0.2) is 0 Å². The SMILES string of the molecule is COc1ccc(CC(=O)Nc2c(C(=O)N3CCN(c4ccccc4)CC3)oc3ccccc23)cc1. The summed E-state index contributed by atoms with van der Waals surface area (Å²) in [4.78, 5) is 30.5. The van der Waals surface area contributed by atoms with Crippen LogP contribution in [0.15, 0.2) is 83.3 Å². The van der Waals surface area contributed by atoms with Crippen LogP contribution >= 0.6 is 0 Å². The first-order chi connectivity index (χ1) is 17.1. The number of amides is 2. The molecule has 3 aromatic carbocycles. The van der Waals surface area contributed by atoms with Gasteiger partial charge in [-0.15, -0.1) is 0 Å². The fourth-order valence-electron chi connectivity index (χ4n) is 4.38. The van der Waals surface area contributed by atoms with Gasteiger partial charge in [-0.1, -0.05) is 42.5 Å². The largest absolute Gasteiger partial charge is 0.497 e. The van der Waals surface area contributed by atoms with E-state index in [0.717, 1.165) is 30.1 Å². The van der Waals surface area contributed by atoms with E-state index in [4.69, 9.17) is 9.15 Å². The molecule has 0 atom stereocenters. The van der Waals surface area contributed by atoms with Crippen molar-refractivity contribution in [2.45, 2.75) is 6.42 Å². The lowest BCUT2D eigenvalue weighted by atomic mass is 10.1. The highest BCUT2D eigenvalue weighted by molar-refractivity contribution is 6.11. The van der Waals surface area contributed by atoms with Crippen molar-refractivity contribution < 1.29 is 18.7 Å². The Labute approximate surface area is 203 Å². The van der Waals surface area contributed by atoms with Crippen molar-refractivity contribution in [1.82, 2.24) is 4.90 Å². The number of furan rings is 1. The van der Waals surface area contributed by atoms with Crippen LogP contribution < -0.4 is 15.0 Å². The number of hydrogen-bond donors (Lipinski definition) is 1. The van der Waals surface area contributed by atoms with E-state index >= 15 is 0 Å². The van der Waals surface area contributed by atoms with Gasteiger partial charge in [0.25, 0.3) is 5.91 Å². The zero-order valence-electron chi connectivity index (χ0n) is 19.6. The van der Waals surface area contributed by atoms with E-state index in [1.165, 1.54) is 0 Å². The van der Waals surface area contributed by atoms with Crippen molar-refractivity contribution in [2.75, 3.05) is 43.5 Å². The number of nitrogens with one attached hydrogen (secondary N) is 1. The first kappa shape index (κ1) is 22.5. The lowest BCUT2D eigenvalue weighted by Crippen LogP contribution is -2.48. The fourth-order valence-corrected chi connectivity index (χ4v) is 4.38. The summed E-state index contributed by atoms with van der Waals surface area (Å²) in [6.07, 6.45) is 0.173. The van der Waals surface area contributed by atoms with Gasteiger partial charge in [-0.3, -0.25) is 9.59 Å². The molecule has 0 bridgehead atoms. The lowest BCUT2D eigenvalue weighted by molar-refractivity contribution is -0.115. The maximum Gasteiger partial charge on any atom is 0.291 e. The lowest BCUT2D eigenvalue weighted by Gasteiger charge is -2.35. The van der Waals surface area contributed by atoms with Crippen LogP contribution in [0.25, 0.3) is 11.0 Å². The Hall–Kier alpha value is -4.26. The molecule has 0 unspecified atom stereocenters. The number of fused-ring (bicyclic) bond motifs is 1. The predicted molar refractivity (Wildman–Crippen MR) is 136 cm³/mol. The third kappa shape index (κ3) is 4.84. The summed E-state index contributed by atoms with van der Waals surface area (Å²) in [5, 5.41) is 3.65. The van der Waals surface area contributed by atoms with Crippen LogP contribution in [0, 0.1) is 0 Å². The molecule has 7 heteroatoms. The summed E-state index contributed by atoms with van der Waals surface area (Å²) in [6, 6.07) is 24.9. The molecule has 0 saturated carbocycles. The average molecular weight is 470 g/mol. The minimum absolute atomic E-state index is 0.169. The Morgan fingerprint density at radius 3 is 2.29 bits per heavy atom. The van der Waals surface area contributed by atoms with Gasteiger partial charge in [0, 0.05) is 37.3 Å².